The van der Waals surface area contributed by atoms with E-state index in [9.17, 15) is 13.6 Å². The number of imidazole rings is 1. The molecule has 1 N–H and O–H groups in total. The van der Waals surface area contributed by atoms with Crippen LogP contribution in [0.2, 0.25) is 0 Å². The van der Waals surface area contributed by atoms with Gasteiger partial charge in [-0.1, -0.05) is 30.3 Å². The van der Waals surface area contributed by atoms with Gasteiger partial charge < -0.3 is 19.2 Å². The third kappa shape index (κ3) is 5.65. The van der Waals surface area contributed by atoms with Crippen molar-refractivity contribution in [1.82, 2.24) is 14.7 Å². The topological polar surface area (TPSA) is 64.9 Å². The van der Waals surface area contributed by atoms with Gasteiger partial charge in [-0.15, -0.1) is 0 Å². The van der Waals surface area contributed by atoms with E-state index in [0.717, 1.165) is 22.5 Å². The van der Waals surface area contributed by atoms with Crippen molar-refractivity contribution in [2.24, 2.45) is 0 Å². The molecule has 4 aromatic rings. The number of benzene rings is 2. The van der Waals surface area contributed by atoms with Gasteiger partial charge in [0.1, 0.15) is 23.8 Å². The van der Waals surface area contributed by atoms with Crippen LogP contribution in [0.1, 0.15) is 27.2 Å². The monoisotopic (exact) mass is 451 g/mol. The number of aromatic nitrogens is 2. The molecule has 0 bridgehead atoms. The lowest BCUT2D eigenvalue weighted by Crippen LogP contribution is -2.26. The molecule has 8 heteroatoms. The lowest BCUT2D eigenvalue weighted by atomic mass is 10.1. The number of carbonyl (C=O) groups excluding carboxylic acids is 1. The van der Waals surface area contributed by atoms with Crippen molar-refractivity contribution >= 4 is 11.6 Å². The number of rotatable bonds is 9. The molecule has 6 nitrogen and oxygen atoms in total. The van der Waals surface area contributed by atoms with Gasteiger partial charge in [0.25, 0.3) is 5.91 Å². The molecule has 0 aliphatic rings. The summed E-state index contributed by atoms with van der Waals surface area (Å²) in [6.45, 7) is -0.237. The van der Waals surface area contributed by atoms with Gasteiger partial charge in [-0.25, -0.2) is 4.98 Å². The molecule has 33 heavy (non-hydrogen) atoms. The molecule has 170 valence electrons. The van der Waals surface area contributed by atoms with E-state index in [-0.39, 0.29) is 18.3 Å². The van der Waals surface area contributed by atoms with E-state index in [1.807, 2.05) is 41.9 Å². The van der Waals surface area contributed by atoms with Crippen molar-refractivity contribution in [3.8, 4) is 11.5 Å². The van der Waals surface area contributed by atoms with Crippen molar-refractivity contribution in [2.45, 2.75) is 26.6 Å². The maximum absolute atomic E-state index is 12.7. The summed E-state index contributed by atoms with van der Waals surface area (Å²) < 4.78 is 36.7. The molecule has 1 amide bonds. The molecule has 0 aliphatic heterocycles. The van der Waals surface area contributed by atoms with Crippen LogP contribution < -0.4 is 14.8 Å². The molecule has 0 fully saturated rings. The summed E-state index contributed by atoms with van der Waals surface area (Å²) in [6, 6.07) is 17.3. The SMILES string of the molecule is Cc1cccn2cc(COc3ccccc3C(=O)NCCc3ccc(OC(F)F)cc3)nc12. The van der Waals surface area contributed by atoms with Crippen LogP contribution >= 0.6 is 0 Å². The standard InChI is InChI=1S/C25H23F2N3O3/c1-17-5-4-14-30-15-19(29-23(17)30)16-32-22-7-3-2-6-21(22)24(31)28-13-12-18-8-10-20(11-9-18)33-25(26)27/h2-11,14-15,25H,12-13,16H2,1H3,(H,28,31). The summed E-state index contributed by atoms with van der Waals surface area (Å²) in [5.74, 6) is 0.316. The number of nitrogens with one attached hydrogen (secondary N) is 1. The van der Waals surface area contributed by atoms with Crippen molar-refractivity contribution in [3.05, 3.63) is 95.4 Å². The molecule has 2 heterocycles. The van der Waals surface area contributed by atoms with Crippen molar-refractivity contribution in [1.29, 1.82) is 0 Å². The molecule has 0 saturated carbocycles. The van der Waals surface area contributed by atoms with E-state index in [1.54, 1.807) is 30.3 Å². The summed E-state index contributed by atoms with van der Waals surface area (Å²) in [7, 11) is 0. The largest absolute Gasteiger partial charge is 0.486 e. The normalized spacial score (nSPS) is 11.0. The summed E-state index contributed by atoms with van der Waals surface area (Å²) >= 11 is 0. The number of fused-ring (bicyclic) bond motifs is 1. The number of carbonyl (C=O) groups is 1. The summed E-state index contributed by atoms with van der Waals surface area (Å²) in [6.07, 6.45) is 4.38. The van der Waals surface area contributed by atoms with Crippen LogP contribution in [0, 0.1) is 6.92 Å². The van der Waals surface area contributed by atoms with Gasteiger partial charge in [-0.05, 0) is 54.8 Å². The number of nitrogens with zero attached hydrogens (tertiary/aromatic N) is 2. The first-order valence-electron chi connectivity index (χ1n) is 10.5. The second-order valence-electron chi connectivity index (χ2n) is 7.47. The molecule has 0 saturated heterocycles. The second kappa shape index (κ2) is 10.1. The van der Waals surface area contributed by atoms with E-state index in [1.165, 1.54) is 12.1 Å². The van der Waals surface area contributed by atoms with Gasteiger partial charge in [0, 0.05) is 18.9 Å². The van der Waals surface area contributed by atoms with Gasteiger partial charge in [0.15, 0.2) is 0 Å². The van der Waals surface area contributed by atoms with E-state index >= 15 is 0 Å². The highest BCUT2D eigenvalue weighted by Gasteiger charge is 2.13. The zero-order valence-corrected chi connectivity index (χ0v) is 18.0. The Bertz CT molecular complexity index is 1240. The Kier molecular flexibility index (Phi) is 6.83. The third-order valence-electron chi connectivity index (χ3n) is 5.08. The number of halogens is 2. The highest BCUT2D eigenvalue weighted by molar-refractivity contribution is 5.96. The molecular weight excluding hydrogens is 428 g/mol. The number of amides is 1. The van der Waals surface area contributed by atoms with Gasteiger partial charge in [-0.3, -0.25) is 4.79 Å². The van der Waals surface area contributed by atoms with Gasteiger partial charge in [0.2, 0.25) is 0 Å². The Morgan fingerprint density at radius 1 is 1.09 bits per heavy atom. The number of ether oxygens (including phenoxy) is 2. The number of aryl methyl sites for hydroxylation is 1. The lowest BCUT2D eigenvalue weighted by molar-refractivity contribution is -0.0498. The Labute approximate surface area is 189 Å². The molecule has 0 unspecified atom stereocenters. The maximum Gasteiger partial charge on any atom is 0.387 e. The van der Waals surface area contributed by atoms with Crippen LogP contribution in [-0.4, -0.2) is 28.4 Å². The Morgan fingerprint density at radius 2 is 1.88 bits per heavy atom. The van der Waals surface area contributed by atoms with Gasteiger partial charge >= 0.3 is 6.61 Å². The minimum absolute atomic E-state index is 0.102. The molecule has 0 atom stereocenters. The van der Waals surface area contributed by atoms with Crippen LogP contribution in [0.5, 0.6) is 11.5 Å². The average molecular weight is 451 g/mol. The number of hydrogen-bond donors (Lipinski definition) is 1. The van der Waals surface area contributed by atoms with Crippen LogP contribution in [0.15, 0.2) is 73.1 Å². The minimum Gasteiger partial charge on any atom is -0.486 e. The fourth-order valence-corrected chi connectivity index (χ4v) is 3.46. The summed E-state index contributed by atoms with van der Waals surface area (Å²) in [5, 5.41) is 2.87. The predicted molar refractivity (Wildman–Crippen MR) is 120 cm³/mol. The number of para-hydroxylation sites is 1. The molecule has 0 aliphatic carbocycles. The number of alkyl halides is 2. The summed E-state index contributed by atoms with van der Waals surface area (Å²) in [5.41, 5.74) is 4.02. The van der Waals surface area contributed by atoms with E-state index < -0.39 is 6.61 Å². The molecule has 2 aromatic carbocycles. The molecule has 4 rings (SSSR count). The minimum atomic E-state index is -2.85. The first kappa shape index (κ1) is 22.3. The zero-order valence-electron chi connectivity index (χ0n) is 18.0. The predicted octanol–water partition coefficient (Wildman–Crippen LogP) is 4.80. The first-order chi connectivity index (χ1) is 16.0. The van der Waals surface area contributed by atoms with Crippen molar-refractivity contribution in [3.63, 3.8) is 0 Å². The molecular formula is C25H23F2N3O3. The first-order valence-corrected chi connectivity index (χ1v) is 10.5. The van der Waals surface area contributed by atoms with Gasteiger partial charge in [-0.2, -0.15) is 8.78 Å². The van der Waals surface area contributed by atoms with Crippen molar-refractivity contribution in [2.75, 3.05) is 6.54 Å². The van der Waals surface area contributed by atoms with Crippen LogP contribution in [0.3, 0.4) is 0 Å². The van der Waals surface area contributed by atoms with Crippen molar-refractivity contribution < 1.29 is 23.0 Å². The second-order valence-corrected chi connectivity index (χ2v) is 7.47. The Hall–Kier alpha value is -3.94. The smallest absolute Gasteiger partial charge is 0.387 e. The van der Waals surface area contributed by atoms with Crippen LogP contribution in [0.25, 0.3) is 5.65 Å². The zero-order chi connectivity index (χ0) is 23.2. The van der Waals surface area contributed by atoms with Crippen LogP contribution in [0.4, 0.5) is 8.78 Å². The fourth-order valence-electron chi connectivity index (χ4n) is 3.46. The molecule has 0 radical (unpaired) electrons. The number of hydrogen-bond acceptors (Lipinski definition) is 4. The molecule has 0 spiro atoms. The Balaban J connectivity index is 1.34. The fraction of sp³-hybridized carbons (Fsp3) is 0.200. The maximum atomic E-state index is 12.7. The highest BCUT2D eigenvalue weighted by Crippen LogP contribution is 2.20. The van der Waals surface area contributed by atoms with Gasteiger partial charge in [0.05, 0.1) is 11.3 Å². The Morgan fingerprint density at radius 3 is 2.64 bits per heavy atom. The van der Waals surface area contributed by atoms with E-state index in [0.29, 0.717) is 24.3 Å². The van der Waals surface area contributed by atoms with E-state index in [2.05, 4.69) is 15.0 Å². The quantitative estimate of drug-likeness (QED) is 0.397. The average Bonchev–Trinajstić information content (AvgIpc) is 3.23. The number of pyridine rings is 1. The summed E-state index contributed by atoms with van der Waals surface area (Å²) in [4.78, 5) is 17.3. The highest BCUT2D eigenvalue weighted by atomic mass is 19.3. The van der Waals surface area contributed by atoms with E-state index in [4.69, 9.17) is 4.74 Å². The molecule has 2 aromatic heterocycles. The third-order valence-corrected chi connectivity index (χ3v) is 5.08. The van der Waals surface area contributed by atoms with Crippen LogP contribution in [-0.2, 0) is 13.0 Å². The lowest BCUT2D eigenvalue weighted by Gasteiger charge is -2.11.